The van der Waals surface area contributed by atoms with Crippen LogP contribution < -0.4 is 0 Å². The summed E-state index contributed by atoms with van der Waals surface area (Å²) >= 11 is 5.71. The van der Waals surface area contributed by atoms with Crippen LogP contribution in [0.1, 0.15) is 12.8 Å². The van der Waals surface area contributed by atoms with E-state index in [0.717, 1.165) is 12.8 Å². The second-order valence-electron chi connectivity index (χ2n) is 2.80. The predicted molar refractivity (Wildman–Crippen MR) is 43.2 cm³/mol. The molecule has 0 saturated carbocycles. The summed E-state index contributed by atoms with van der Waals surface area (Å²) in [5, 5.41) is 8.90. The topological polar surface area (TPSA) is 20.2 Å². The lowest BCUT2D eigenvalue weighted by Crippen LogP contribution is -2.21. The van der Waals surface area contributed by atoms with Crippen LogP contribution in [0.5, 0.6) is 0 Å². The SMILES string of the molecule is OCC1CC=CCC1CCl. The van der Waals surface area contributed by atoms with Crippen molar-refractivity contribution in [3.63, 3.8) is 0 Å². The number of hydrogen-bond donors (Lipinski definition) is 1. The monoisotopic (exact) mass is 160 g/mol. The molecular formula is C8H13ClO. The first kappa shape index (κ1) is 8.09. The van der Waals surface area contributed by atoms with E-state index in [1.807, 2.05) is 0 Å². The Morgan fingerprint density at radius 3 is 2.30 bits per heavy atom. The minimum absolute atomic E-state index is 0.279. The molecule has 0 aromatic carbocycles. The van der Waals surface area contributed by atoms with Crippen molar-refractivity contribution >= 4 is 11.6 Å². The van der Waals surface area contributed by atoms with Gasteiger partial charge in [0.2, 0.25) is 0 Å². The molecule has 2 heteroatoms. The van der Waals surface area contributed by atoms with Gasteiger partial charge in [-0.1, -0.05) is 12.2 Å². The maximum atomic E-state index is 8.90. The highest BCUT2D eigenvalue weighted by Crippen LogP contribution is 2.25. The van der Waals surface area contributed by atoms with E-state index in [2.05, 4.69) is 12.2 Å². The van der Waals surface area contributed by atoms with E-state index in [1.54, 1.807) is 0 Å². The number of allylic oxidation sites excluding steroid dienone is 2. The Labute approximate surface area is 66.7 Å². The summed E-state index contributed by atoms with van der Waals surface area (Å²) < 4.78 is 0. The lowest BCUT2D eigenvalue weighted by molar-refractivity contribution is 0.181. The van der Waals surface area contributed by atoms with E-state index in [4.69, 9.17) is 16.7 Å². The number of aliphatic hydroxyl groups excluding tert-OH is 1. The molecule has 0 bridgehead atoms. The Kier molecular flexibility index (Phi) is 3.23. The van der Waals surface area contributed by atoms with E-state index in [9.17, 15) is 0 Å². The first-order valence-corrected chi connectivity index (χ1v) is 4.23. The van der Waals surface area contributed by atoms with Gasteiger partial charge in [0.05, 0.1) is 0 Å². The molecule has 0 saturated heterocycles. The molecule has 2 atom stereocenters. The number of alkyl halides is 1. The zero-order chi connectivity index (χ0) is 7.40. The van der Waals surface area contributed by atoms with Crippen molar-refractivity contribution in [2.24, 2.45) is 11.8 Å². The van der Waals surface area contributed by atoms with E-state index in [1.165, 1.54) is 0 Å². The largest absolute Gasteiger partial charge is 0.396 e. The average molecular weight is 161 g/mol. The Morgan fingerprint density at radius 2 is 1.90 bits per heavy atom. The molecule has 0 spiro atoms. The second kappa shape index (κ2) is 3.99. The highest BCUT2D eigenvalue weighted by molar-refractivity contribution is 6.18. The number of rotatable bonds is 2. The fraction of sp³-hybridized carbons (Fsp3) is 0.750. The van der Waals surface area contributed by atoms with Crippen molar-refractivity contribution in [3.05, 3.63) is 12.2 Å². The summed E-state index contributed by atoms with van der Waals surface area (Å²) in [5.41, 5.74) is 0. The van der Waals surface area contributed by atoms with Gasteiger partial charge in [0.25, 0.3) is 0 Å². The third kappa shape index (κ3) is 1.74. The van der Waals surface area contributed by atoms with Crippen LogP contribution in [0.4, 0.5) is 0 Å². The van der Waals surface area contributed by atoms with Gasteiger partial charge in [0.1, 0.15) is 0 Å². The standard InChI is InChI=1S/C8H13ClO/c9-5-7-3-1-2-4-8(7)6-10/h1-2,7-8,10H,3-6H2. The summed E-state index contributed by atoms with van der Waals surface area (Å²) in [7, 11) is 0. The van der Waals surface area contributed by atoms with Crippen LogP contribution in [-0.2, 0) is 0 Å². The Bertz CT molecular complexity index is 108. The third-order valence-corrected chi connectivity index (χ3v) is 2.54. The minimum atomic E-state index is 0.279. The molecule has 1 aliphatic carbocycles. The Morgan fingerprint density at radius 1 is 1.30 bits per heavy atom. The normalized spacial score (nSPS) is 32.6. The smallest absolute Gasteiger partial charge is 0.0465 e. The first-order chi connectivity index (χ1) is 4.88. The van der Waals surface area contributed by atoms with Gasteiger partial charge in [-0.3, -0.25) is 0 Å². The lowest BCUT2D eigenvalue weighted by Gasteiger charge is -2.24. The Hall–Kier alpha value is -0.0100. The predicted octanol–water partition coefficient (Wildman–Crippen LogP) is 1.80. The van der Waals surface area contributed by atoms with Crippen LogP contribution >= 0.6 is 11.6 Å². The van der Waals surface area contributed by atoms with Gasteiger partial charge in [0.15, 0.2) is 0 Å². The molecule has 0 amide bonds. The highest BCUT2D eigenvalue weighted by Gasteiger charge is 2.20. The maximum Gasteiger partial charge on any atom is 0.0465 e. The van der Waals surface area contributed by atoms with E-state index < -0.39 is 0 Å². The van der Waals surface area contributed by atoms with Crippen molar-refractivity contribution in [3.8, 4) is 0 Å². The number of hydrogen-bond acceptors (Lipinski definition) is 1. The van der Waals surface area contributed by atoms with Crippen LogP contribution in [0, 0.1) is 11.8 Å². The minimum Gasteiger partial charge on any atom is -0.396 e. The van der Waals surface area contributed by atoms with E-state index in [0.29, 0.717) is 17.7 Å². The molecule has 0 radical (unpaired) electrons. The van der Waals surface area contributed by atoms with Gasteiger partial charge in [-0.25, -0.2) is 0 Å². The molecule has 10 heavy (non-hydrogen) atoms. The van der Waals surface area contributed by atoms with E-state index in [-0.39, 0.29) is 6.61 Å². The van der Waals surface area contributed by atoms with Crippen molar-refractivity contribution < 1.29 is 5.11 Å². The molecule has 1 rings (SSSR count). The molecule has 1 N–H and O–H groups in total. The molecule has 1 aliphatic rings. The quantitative estimate of drug-likeness (QED) is 0.483. The average Bonchev–Trinajstić information content (AvgIpc) is 2.04. The number of aliphatic hydroxyl groups is 1. The molecule has 58 valence electrons. The molecule has 0 aliphatic heterocycles. The summed E-state index contributed by atoms with van der Waals surface area (Å²) in [6.45, 7) is 0.279. The van der Waals surface area contributed by atoms with Crippen molar-refractivity contribution in [1.82, 2.24) is 0 Å². The van der Waals surface area contributed by atoms with Crippen molar-refractivity contribution in [2.75, 3.05) is 12.5 Å². The van der Waals surface area contributed by atoms with Gasteiger partial charge >= 0.3 is 0 Å². The summed E-state index contributed by atoms with van der Waals surface area (Å²) in [4.78, 5) is 0. The fourth-order valence-electron chi connectivity index (χ4n) is 1.34. The van der Waals surface area contributed by atoms with Gasteiger partial charge in [-0.05, 0) is 24.7 Å². The van der Waals surface area contributed by atoms with Crippen LogP contribution in [0.25, 0.3) is 0 Å². The molecule has 0 fully saturated rings. The molecule has 0 heterocycles. The van der Waals surface area contributed by atoms with Crippen LogP contribution in [-0.4, -0.2) is 17.6 Å². The van der Waals surface area contributed by atoms with Crippen LogP contribution in [0.2, 0.25) is 0 Å². The summed E-state index contributed by atoms with van der Waals surface area (Å²) in [5.74, 6) is 1.58. The van der Waals surface area contributed by atoms with Crippen molar-refractivity contribution in [2.45, 2.75) is 12.8 Å². The van der Waals surface area contributed by atoms with Gasteiger partial charge < -0.3 is 5.11 Å². The molecule has 0 aromatic heterocycles. The molecule has 0 aromatic rings. The Balaban J connectivity index is 2.45. The molecule has 2 unspecified atom stereocenters. The van der Waals surface area contributed by atoms with Gasteiger partial charge in [-0.2, -0.15) is 0 Å². The zero-order valence-corrected chi connectivity index (χ0v) is 6.72. The highest BCUT2D eigenvalue weighted by atomic mass is 35.5. The first-order valence-electron chi connectivity index (χ1n) is 3.70. The fourth-order valence-corrected chi connectivity index (χ4v) is 1.72. The lowest BCUT2D eigenvalue weighted by atomic mass is 9.85. The second-order valence-corrected chi connectivity index (χ2v) is 3.11. The zero-order valence-electron chi connectivity index (χ0n) is 5.96. The molecule has 1 nitrogen and oxygen atoms in total. The van der Waals surface area contributed by atoms with Gasteiger partial charge in [0, 0.05) is 12.5 Å². The van der Waals surface area contributed by atoms with Crippen molar-refractivity contribution in [1.29, 1.82) is 0 Å². The van der Waals surface area contributed by atoms with Crippen LogP contribution in [0.15, 0.2) is 12.2 Å². The van der Waals surface area contributed by atoms with Crippen LogP contribution in [0.3, 0.4) is 0 Å². The van der Waals surface area contributed by atoms with Gasteiger partial charge in [-0.15, -0.1) is 11.6 Å². The number of halogens is 1. The summed E-state index contributed by atoms with van der Waals surface area (Å²) in [6, 6.07) is 0. The van der Waals surface area contributed by atoms with E-state index >= 15 is 0 Å². The molecular weight excluding hydrogens is 148 g/mol. The third-order valence-electron chi connectivity index (χ3n) is 2.14. The maximum absolute atomic E-state index is 8.90. The summed E-state index contributed by atoms with van der Waals surface area (Å²) in [6.07, 6.45) is 6.31.